The monoisotopic (exact) mass is 336 g/mol. The molecule has 1 N–H and O–H groups in total. The van der Waals surface area contributed by atoms with Gasteiger partial charge in [0.05, 0.1) is 15.8 Å². The smallest absolute Gasteiger partial charge is 0.237 e. The highest BCUT2D eigenvalue weighted by molar-refractivity contribution is 8.00. The van der Waals surface area contributed by atoms with Crippen molar-refractivity contribution in [1.29, 1.82) is 0 Å². The van der Waals surface area contributed by atoms with E-state index >= 15 is 0 Å². The van der Waals surface area contributed by atoms with Crippen LogP contribution in [-0.4, -0.2) is 16.1 Å². The number of rotatable bonds is 5. The van der Waals surface area contributed by atoms with Crippen LogP contribution in [0.15, 0.2) is 65.7 Å². The molecular formula is C20H20N2OS. The summed E-state index contributed by atoms with van der Waals surface area (Å²) in [5.41, 5.74) is 2.92. The Morgan fingerprint density at radius 2 is 1.96 bits per heavy atom. The normalized spacial score (nSPS) is 12.1. The third-order valence-corrected chi connectivity index (χ3v) is 5.09. The van der Waals surface area contributed by atoms with Gasteiger partial charge in [-0.2, -0.15) is 0 Å². The largest absolute Gasteiger partial charge is 0.325 e. The topological polar surface area (TPSA) is 42.0 Å². The van der Waals surface area contributed by atoms with Crippen molar-refractivity contribution in [2.24, 2.45) is 0 Å². The molecular weight excluding hydrogens is 316 g/mol. The highest BCUT2D eigenvalue weighted by Crippen LogP contribution is 2.27. The maximum atomic E-state index is 12.6. The number of aromatic nitrogens is 1. The number of nitrogens with zero attached hydrogens (tertiary/aromatic N) is 1. The first kappa shape index (κ1) is 16.5. The lowest BCUT2D eigenvalue weighted by Crippen LogP contribution is -2.24. The number of amides is 1. The first-order chi connectivity index (χ1) is 11.7. The molecule has 0 fully saturated rings. The fourth-order valence-electron chi connectivity index (χ4n) is 2.53. The Morgan fingerprint density at radius 3 is 2.75 bits per heavy atom. The summed E-state index contributed by atoms with van der Waals surface area (Å²) in [6.45, 7) is 4.04. The van der Waals surface area contributed by atoms with Gasteiger partial charge < -0.3 is 5.32 Å². The van der Waals surface area contributed by atoms with Crippen LogP contribution in [0.3, 0.4) is 0 Å². The van der Waals surface area contributed by atoms with E-state index in [2.05, 4.69) is 16.4 Å². The van der Waals surface area contributed by atoms with Crippen LogP contribution in [0.5, 0.6) is 0 Å². The molecule has 1 atom stereocenters. The van der Waals surface area contributed by atoms with Gasteiger partial charge in [0.2, 0.25) is 5.91 Å². The third kappa shape index (κ3) is 3.95. The highest BCUT2D eigenvalue weighted by atomic mass is 32.2. The number of pyridine rings is 1. The lowest BCUT2D eigenvalue weighted by molar-refractivity contribution is -0.115. The zero-order chi connectivity index (χ0) is 16.9. The van der Waals surface area contributed by atoms with Gasteiger partial charge in [-0.1, -0.05) is 55.1 Å². The Kier molecular flexibility index (Phi) is 5.16. The molecule has 24 heavy (non-hydrogen) atoms. The number of carbonyl (C=O) groups excluding carboxylic acids is 1. The Morgan fingerprint density at radius 1 is 1.12 bits per heavy atom. The molecule has 3 nitrogen and oxygen atoms in total. The second kappa shape index (κ2) is 7.49. The van der Waals surface area contributed by atoms with Crippen LogP contribution in [0, 0.1) is 6.92 Å². The minimum Gasteiger partial charge on any atom is -0.325 e. The first-order valence-corrected chi connectivity index (χ1v) is 8.93. The van der Waals surface area contributed by atoms with E-state index in [9.17, 15) is 4.79 Å². The fraction of sp³-hybridized carbons (Fsp3) is 0.200. The van der Waals surface area contributed by atoms with Gasteiger partial charge in [-0.15, -0.1) is 0 Å². The van der Waals surface area contributed by atoms with Gasteiger partial charge in [-0.3, -0.25) is 4.79 Å². The summed E-state index contributed by atoms with van der Waals surface area (Å²) in [6.07, 6.45) is 0.747. The fourth-order valence-corrected chi connectivity index (χ4v) is 3.45. The zero-order valence-corrected chi connectivity index (χ0v) is 14.6. The minimum atomic E-state index is -0.167. The molecule has 2 aromatic carbocycles. The van der Waals surface area contributed by atoms with Crippen molar-refractivity contribution in [3.63, 3.8) is 0 Å². The van der Waals surface area contributed by atoms with Crippen molar-refractivity contribution in [3.05, 3.63) is 66.2 Å². The lowest BCUT2D eigenvalue weighted by atomic mass is 10.2. The van der Waals surface area contributed by atoms with Gasteiger partial charge in [0.25, 0.3) is 0 Å². The van der Waals surface area contributed by atoms with Crippen molar-refractivity contribution in [2.75, 3.05) is 5.32 Å². The number of hydrogen-bond acceptors (Lipinski definition) is 3. The van der Waals surface area contributed by atoms with Crippen LogP contribution in [0.25, 0.3) is 10.9 Å². The second-order valence-corrected chi connectivity index (χ2v) is 6.94. The van der Waals surface area contributed by atoms with E-state index in [4.69, 9.17) is 0 Å². The molecule has 3 rings (SSSR count). The second-order valence-electron chi connectivity index (χ2n) is 5.72. The van der Waals surface area contributed by atoms with E-state index in [1.807, 2.05) is 68.4 Å². The van der Waals surface area contributed by atoms with Crippen LogP contribution in [0.2, 0.25) is 0 Å². The third-order valence-electron chi connectivity index (χ3n) is 3.78. The van der Waals surface area contributed by atoms with Crippen LogP contribution in [0.4, 0.5) is 5.69 Å². The Balaban J connectivity index is 1.74. The Bertz CT molecular complexity index is 863. The van der Waals surface area contributed by atoms with Crippen molar-refractivity contribution < 1.29 is 4.79 Å². The van der Waals surface area contributed by atoms with Crippen molar-refractivity contribution in [3.8, 4) is 0 Å². The molecule has 0 spiro atoms. The number of fused-ring (bicyclic) bond motifs is 1. The molecule has 0 aliphatic heterocycles. The summed E-state index contributed by atoms with van der Waals surface area (Å²) in [5, 5.41) is 4.82. The maximum Gasteiger partial charge on any atom is 0.237 e. The average Bonchev–Trinajstić information content (AvgIpc) is 2.59. The molecule has 0 bridgehead atoms. The Labute approximate surface area is 146 Å². The molecule has 0 aliphatic carbocycles. The van der Waals surface area contributed by atoms with Crippen LogP contribution < -0.4 is 5.32 Å². The molecule has 3 aromatic rings. The van der Waals surface area contributed by atoms with E-state index in [0.717, 1.165) is 33.6 Å². The molecule has 1 amide bonds. The van der Waals surface area contributed by atoms with Gasteiger partial charge in [-0.05, 0) is 43.2 Å². The van der Waals surface area contributed by atoms with Gasteiger partial charge in [0.1, 0.15) is 0 Å². The van der Waals surface area contributed by atoms with Crippen LogP contribution >= 0.6 is 11.8 Å². The number of hydrogen-bond donors (Lipinski definition) is 1. The molecule has 1 unspecified atom stereocenters. The molecule has 4 heteroatoms. The molecule has 1 aromatic heterocycles. The molecule has 122 valence electrons. The summed E-state index contributed by atoms with van der Waals surface area (Å²) in [5.74, 6) is 0.0167. The van der Waals surface area contributed by atoms with Gasteiger partial charge >= 0.3 is 0 Å². The lowest BCUT2D eigenvalue weighted by Gasteiger charge is -2.15. The summed E-state index contributed by atoms with van der Waals surface area (Å²) in [4.78, 5) is 17.2. The summed E-state index contributed by atoms with van der Waals surface area (Å²) < 4.78 is 0. The van der Waals surface area contributed by atoms with Crippen molar-refractivity contribution in [2.45, 2.75) is 30.5 Å². The average molecular weight is 336 g/mol. The van der Waals surface area contributed by atoms with Crippen molar-refractivity contribution in [1.82, 2.24) is 4.98 Å². The summed E-state index contributed by atoms with van der Waals surface area (Å²) in [6, 6.07) is 19.9. The maximum absolute atomic E-state index is 12.6. The van der Waals surface area contributed by atoms with E-state index in [1.165, 1.54) is 11.8 Å². The zero-order valence-electron chi connectivity index (χ0n) is 13.8. The molecule has 0 aliphatic rings. The standard InChI is InChI=1S/C20H20N2OS/c1-3-18(20(23)21-16-9-6-7-14(2)13-16)24-19-12-11-15-8-4-5-10-17(15)22-19/h4-13,18H,3H2,1-2H3,(H,21,23). The SMILES string of the molecule is CCC(Sc1ccc2ccccc2n1)C(=O)Nc1cccc(C)c1. The number of para-hydroxylation sites is 1. The molecule has 0 radical (unpaired) electrons. The minimum absolute atomic E-state index is 0.0167. The molecule has 0 saturated carbocycles. The predicted octanol–water partition coefficient (Wildman–Crippen LogP) is 5.05. The van der Waals surface area contributed by atoms with E-state index in [0.29, 0.717) is 0 Å². The number of anilines is 1. The summed E-state index contributed by atoms with van der Waals surface area (Å²) >= 11 is 1.51. The first-order valence-electron chi connectivity index (χ1n) is 8.05. The number of benzene rings is 2. The number of aryl methyl sites for hydroxylation is 1. The summed E-state index contributed by atoms with van der Waals surface area (Å²) in [7, 11) is 0. The van der Waals surface area contributed by atoms with Crippen LogP contribution in [-0.2, 0) is 4.79 Å². The molecule has 0 saturated heterocycles. The predicted molar refractivity (Wildman–Crippen MR) is 101 cm³/mol. The van der Waals surface area contributed by atoms with E-state index in [1.54, 1.807) is 0 Å². The van der Waals surface area contributed by atoms with Crippen LogP contribution in [0.1, 0.15) is 18.9 Å². The number of nitrogens with one attached hydrogen (secondary N) is 1. The van der Waals surface area contributed by atoms with Crippen molar-refractivity contribution >= 4 is 34.3 Å². The van der Waals surface area contributed by atoms with Gasteiger partial charge in [0.15, 0.2) is 0 Å². The number of thioether (sulfide) groups is 1. The highest BCUT2D eigenvalue weighted by Gasteiger charge is 2.19. The van der Waals surface area contributed by atoms with Gasteiger partial charge in [0, 0.05) is 11.1 Å². The van der Waals surface area contributed by atoms with E-state index in [-0.39, 0.29) is 11.2 Å². The van der Waals surface area contributed by atoms with E-state index < -0.39 is 0 Å². The molecule has 1 heterocycles. The Hall–Kier alpha value is -2.33. The quantitative estimate of drug-likeness (QED) is 0.663. The number of carbonyl (C=O) groups is 1. The van der Waals surface area contributed by atoms with Gasteiger partial charge in [-0.25, -0.2) is 4.98 Å².